The Labute approximate surface area is 122 Å². The highest BCUT2D eigenvalue weighted by Crippen LogP contribution is 2.42. The van der Waals surface area contributed by atoms with Gasteiger partial charge in [0.1, 0.15) is 0 Å². The van der Waals surface area contributed by atoms with Crippen LogP contribution in [-0.2, 0) is 12.5 Å². The van der Waals surface area contributed by atoms with Gasteiger partial charge in [-0.1, -0.05) is 24.1 Å². The topological polar surface area (TPSA) is 59.8 Å². The molecule has 0 saturated heterocycles. The zero-order chi connectivity index (χ0) is 14.0. The second-order valence-electron chi connectivity index (χ2n) is 5.42. The first-order chi connectivity index (χ1) is 9.70. The van der Waals surface area contributed by atoms with Crippen LogP contribution >= 0.6 is 11.3 Å². The predicted octanol–water partition coefficient (Wildman–Crippen LogP) is 2.12. The molecule has 1 amide bonds. The van der Waals surface area contributed by atoms with E-state index in [-0.39, 0.29) is 11.3 Å². The maximum Gasteiger partial charge on any atom is 0.273 e. The summed E-state index contributed by atoms with van der Waals surface area (Å²) >= 11 is 1.79. The first kappa shape index (κ1) is 13.3. The van der Waals surface area contributed by atoms with Gasteiger partial charge in [-0.05, 0) is 24.3 Å². The van der Waals surface area contributed by atoms with Crippen molar-refractivity contribution in [1.82, 2.24) is 20.3 Å². The van der Waals surface area contributed by atoms with Gasteiger partial charge >= 0.3 is 0 Å². The molecule has 1 aliphatic carbocycles. The van der Waals surface area contributed by atoms with Gasteiger partial charge in [-0.25, -0.2) is 0 Å². The monoisotopic (exact) mass is 290 g/mol. The summed E-state index contributed by atoms with van der Waals surface area (Å²) in [6.45, 7) is 0.683. The van der Waals surface area contributed by atoms with Crippen molar-refractivity contribution in [1.29, 1.82) is 0 Å². The minimum atomic E-state index is -0.138. The Hall–Kier alpha value is -1.69. The summed E-state index contributed by atoms with van der Waals surface area (Å²) in [5, 5.41) is 12.8. The summed E-state index contributed by atoms with van der Waals surface area (Å²) < 4.78 is 1.54. The molecule has 1 aliphatic rings. The van der Waals surface area contributed by atoms with Crippen LogP contribution in [0.5, 0.6) is 0 Å². The first-order valence-corrected chi connectivity index (χ1v) is 7.76. The molecular weight excluding hydrogens is 272 g/mol. The summed E-state index contributed by atoms with van der Waals surface area (Å²) in [6.07, 6.45) is 6.40. The molecule has 1 saturated carbocycles. The Morgan fingerprint density at radius 2 is 2.30 bits per heavy atom. The van der Waals surface area contributed by atoms with Gasteiger partial charge in [0.15, 0.2) is 5.69 Å². The molecule has 2 heterocycles. The standard InChI is InChI=1S/C14H18N4OS/c1-18-9-11(16-17-18)13(19)15-10-14(6-2-3-7-14)12-5-4-8-20-12/h4-5,8-9H,2-3,6-7,10H2,1H3,(H,15,19). The van der Waals surface area contributed by atoms with Gasteiger partial charge in [-0.3, -0.25) is 9.48 Å². The molecule has 3 rings (SSSR count). The first-order valence-electron chi connectivity index (χ1n) is 6.88. The van der Waals surface area contributed by atoms with E-state index in [4.69, 9.17) is 0 Å². The number of carbonyl (C=O) groups is 1. The third-order valence-corrected chi connectivity index (χ3v) is 5.14. The lowest BCUT2D eigenvalue weighted by molar-refractivity contribution is 0.0938. The number of aryl methyl sites for hydroxylation is 1. The molecule has 0 radical (unpaired) electrons. The molecule has 1 fully saturated rings. The fourth-order valence-electron chi connectivity index (χ4n) is 2.93. The van der Waals surface area contributed by atoms with E-state index in [1.54, 1.807) is 29.3 Å². The molecular formula is C14H18N4OS. The highest BCUT2D eigenvalue weighted by Gasteiger charge is 2.36. The molecule has 0 aromatic carbocycles. The van der Waals surface area contributed by atoms with Crippen molar-refractivity contribution in [3.63, 3.8) is 0 Å². The average Bonchev–Trinajstić information content (AvgIpc) is 3.17. The number of hydrogen-bond donors (Lipinski definition) is 1. The Kier molecular flexibility index (Phi) is 3.56. The normalized spacial score (nSPS) is 17.2. The van der Waals surface area contributed by atoms with Gasteiger partial charge in [0, 0.05) is 23.9 Å². The summed E-state index contributed by atoms with van der Waals surface area (Å²) in [5.74, 6) is -0.138. The lowest BCUT2D eigenvalue weighted by Crippen LogP contribution is -2.38. The number of nitrogens with one attached hydrogen (secondary N) is 1. The Balaban J connectivity index is 1.71. The summed E-state index contributed by atoms with van der Waals surface area (Å²) in [5.41, 5.74) is 0.498. The molecule has 6 heteroatoms. The van der Waals surface area contributed by atoms with Crippen molar-refractivity contribution in [3.05, 3.63) is 34.3 Å². The van der Waals surface area contributed by atoms with Crippen molar-refractivity contribution in [2.75, 3.05) is 6.54 Å². The van der Waals surface area contributed by atoms with Crippen molar-refractivity contribution in [2.45, 2.75) is 31.1 Å². The van der Waals surface area contributed by atoms with E-state index < -0.39 is 0 Å². The minimum absolute atomic E-state index is 0.117. The van der Waals surface area contributed by atoms with Gasteiger partial charge in [-0.15, -0.1) is 16.4 Å². The average molecular weight is 290 g/mol. The smallest absolute Gasteiger partial charge is 0.273 e. The van der Waals surface area contributed by atoms with Crippen LogP contribution in [0.2, 0.25) is 0 Å². The molecule has 0 aliphatic heterocycles. The van der Waals surface area contributed by atoms with Crippen LogP contribution in [0, 0.1) is 0 Å². The lowest BCUT2D eigenvalue weighted by atomic mass is 9.84. The van der Waals surface area contributed by atoms with Gasteiger partial charge in [0.2, 0.25) is 0 Å². The Bertz CT molecular complexity index is 584. The van der Waals surface area contributed by atoms with E-state index in [0.717, 1.165) is 12.8 Å². The highest BCUT2D eigenvalue weighted by atomic mass is 32.1. The highest BCUT2D eigenvalue weighted by molar-refractivity contribution is 7.10. The van der Waals surface area contributed by atoms with Gasteiger partial charge in [0.05, 0.1) is 6.20 Å². The maximum absolute atomic E-state index is 12.1. The third-order valence-electron chi connectivity index (χ3n) is 4.03. The van der Waals surface area contributed by atoms with Crippen LogP contribution < -0.4 is 5.32 Å². The fraction of sp³-hybridized carbons (Fsp3) is 0.500. The SMILES string of the molecule is Cn1cc(C(=O)NCC2(c3cccs3)CCCC2)nn1. The van der Waals surface area contributed by atoms with Crippen molar-refractivity contribution in [3.8, 4) is 0 Å². The summed E-state index contributed by atoms with van der Waals surface area (Å²) in [7, 11) is 1.76. The Morgan fingerprint density at radius 1 is 1.50 bits per heavy atom. The van der Waals surface area contributed by atoms with Gasteiger partial charge < -0.3 is 5.32 Å². The van der Waals surface area contributed by atoms with E-state index in [9.17, 15) is 4.79 Å². The molecule has 0 atom stereocenters. The number of hydrogen-bond acceptors (Lipinski definition) is 4. The van der Waals surface area contributed by atoms with E-state index in [0.29, 0.717) is 12.2 Å². The maximum atomic E-state index is 12.1. The molecule has 1 N–H and O–H groups in total. The molecule has 20 heavy (non-hydrogen) atoms. The molecule has 0 spiro atoms. The zero-order valence-electron chi connectivity index (χ0n) is 11.5. The van der Waals surface area contributed by atoms with Crippen molar-refractivity contribution in [2.24, 2.45) is 7.05 Å². The van der Waals surface area contributed by atoms with Crippen LogP contribution in [0.1, 0.15) is 41.0 Å². The van der Waals surface area contributed by atoms with E-state index in [1.165, 1.54) is 17.7 Å². The van der Waals surface area contributed by atoms with Crippen LogP contribution in [0.3, 0.4) is 0 Å². The molecule has 2 aromatic heterocycles. The van der Waals surface area contributed by atoms with E-state index in [2.05, 4.69) is 33.1 Å². The molecule has 0 bridgehead atoms. The van der Waals surface area contributed by atoms with Gasteiger partial charge in [-0.2, -0.15) is 0 Å². The minimum Gasteiger partial charge on any atom is -0.350 e. The second kappa shape index (κ2) is 5.36. The van der Waals surface area contributed by atoms with E-state index >= 15 is 0 Å². The number of nitrogens with zero attached hydrogens (tertiary/aromatic N) is 3. The summed E-state index contributed by atoms with van der Waals surface area (Å²) in [4.78, 5) is 13.5. The third kappa shape index (κ3) is 2.47. The number of rotatable bonds is 4. The number of amides is 1. The lowest BCUT2D eigenvalue weighted by Gasteiger charge is -2.28. The largest absolute Gasteiger partial charge is 0.350 e. The molecule has 5 nitrogen and oxygen atoms in total. The van der Waals surface area contributed by atoms with Crippen LogP contribution in [0.25, 0.3) is 0 Å². The van der Waals surface area contributed by atoms with Crippen LogP contribution in [0.4, 0.5) is 0 Å². The van der Waals surface area contributed by atoms with Crippen LogP contribution in [0.15, 0.2) is 23.7 Å². The number of thiophene rings is 1. The number of carbonyl (C=O) groups excluding carboxylic acids is 1. The summed E-state index contributed by atoms with van der Waals surface area (Å²) in [6, 6.07) is 4.27. The number of aromatic nitrogens is 3. The fourth-order valence-corrected chi connectivity index (χ4v) is 3.92. The van der Waals surface area contributed by atoms with Crippen molar-refractivity contribution >= 4 is 17.2 Å². The Morgan fingerprint density at radius 3 is 2.90 bits per heavy atom. The predicted molar refractivity (Wildman–Crippen MR) is 77.8 cm³/mol. The van der Waals surface area contributed by atoms with E-state index in [1.807, 2.05) is 0 Å². The molecule has 0 unspecified atom stereocenters. The van der Waals surface area contributed by atoms with Crippen LogP contribution in [-0.4, -0.2) is 27.4 Å². The molecule has 106 valence electrons. The van der Waals surface area contributed by atoms with Gasteiger partial charge in [0.25, 0.3) is 5.91 Å². The second-order valence-corrected chi connectivity index (χ2v) is 6.37. The molecule has 2 aromatic rings. The van der Waals surface area contributed by atoms with Crippen molar-refractivity contribution < 1.29 is 4.79 Å². The zero-order valence-corrected chi connectivity index (χ0v) is 12.3. The quantitative estimate of drug-likeness (QED) is 0.938.